The van der Waals surface area contributed by atoms with Gasteiger partial charge in [0.2, 0.25) is 0 Å². The predicted octanol–water partition coefficient (Wildman–Crippen LogP) is 5.00. The second-order valence-electron chi connectivity index (χ2n) is 5.72. The van der Waals surface area contributed by atoms with E-state index in [4.69, 9.17) is 4.74 Å². The maximum atomic E-state index is 12.2. The fourth-order valence-electron chi connectivity index (χ4n) is 2.45. The van der Waals surface area contributed by atoms with Gasteiger partial charge in [-0.2, -0.15) is 0 Å². The third kappa shape index (κ3) is 4.18. The molecule has 0 aliphatic heterocycles. The van der Waals surface area contributed by atoms with Gasteiger partial charge in [0.05, 0.1) is 12.8 Å². The summed E-state index contributed by atoms with van der Waals surface area (Å²) in [5.41, 5.74) is 4.32. The normalized spacial score (nSPS) is 10.2. The van der Waals surface area contributed by atoms with E-state index < -0.39 is 0 Å². The number of carbonyl (C=O) groups excluding carboxylic acids is 1. The number of hydrogen-bond acceptors (Lipinski definition) is 3. The minimum absolute atomic E-state index is 0.120. The van der Waals surface area contributed by atoms with Crippen LogP contribution in [0.5, 0.6) is 5.75 Å². The Balaban J connectivity index is 1.68. The highest BCUT2D eigenvalue weighted by Crippen LogP contribution is 2.27. The summed E-state index contributed by atoms with van der Waals surface area (Å²) in [6, 6.07) is 22.8. The number of anilines is 3. The lowest BCUT2D eigenvalue weighted by Gasteiger charge is -2.11. The zero-order valence-corrected chi connectivity index (χ0v) is 14.2. The lowest BCUT2D eigenvalue weighted by Crippen LogP contribution is -2.11. The van der Waals surface area contributed by atoms with Crippen LogP contribution in [0.15, 0.2) is 72.8 Å². The number of aryl methyl sites for hydroxylation is 1. The smallest absolute Gasteiger partial charge is 0.255 e. The number of methoxy groups -OCH3 is 1. The van der Waals surface area contributed by atoms with Gasteiger partial charge in [-0.3, -0.25) is 4.79 Å². The number of nitrogens with one attached hydrogen (secondary N) is 2. The zero-order valence-electron chi connectivity index (χ0n) is 14.2. The van der Waals surface area contributed by atoms with Crippen LogP contribution in [-0.4, -0.2) is 13.0 Å². The van der Waals surface area contributed by atoms with Crippen LogP contribution in [0, 0.1) is 6.92 Å². The molecule has 0 saturated carbocycles. The van der Waals surface area contributed by atoms with E-state index in [1.807, 2.05) is 79.7 Å². The number of carbonyl (C=O) groups is 1. The Kier molecular flexibility index (Phi) is 5.00. The van der Waals surface area contributed by atoms with Crippen LogP contribution in [0.4, 0.5) is 17.1 Å². The molecule has 0 heterocycles. The molecule has 0 atom stereocenters. The van der Waals surface area contributed by atoms with Gasteiger partial charge in [-0.05, 0) is 55.5 Å². The highest BCUT2D eigenvalue weighted by molar-refractivity contribution is 6.04. The maximum Gasteiger partial charge on any atom is 0.255 e. The molecule has 0 aliphatic carbocycles. The molecule has 126 valence electrons. The number of benzene rings is 3. The first-order valence-electron chi connectivity index (χ1n) is 8.04. The first-order valence-corrected chi connectivity index (χ1v) is 8.04. The first-order chi connectivity index (χ1) is 12.2. The Morgan fingerprint density at radius 1 is 0.840 bits per heavy atom. The molecule has 4 heteroatoms. The highest BCUT2D eigenvalue weighted by Gasteiger charge is 2.06. The number of hydrogen-bond donors (Lipinski definition) is 2. The van der Waals surface area contributed by atoms with Gasteiger partial charge < -0.3 is 15.4 Å². The van der Waals surface area contributed by atoms with E-state index in [1.165, 1.54) is 0 Å². The van der Waals surface area contributed by atoms with Crippen LogP contribution >= 0.6 is 0 Å². The number of rotatable bonds is 5. The minimum atomic E-state index is -0.120. The summed E-state index contributed by atoms with van der Waals surface area (Å²) in [7, 11) is 1.64. The lowest BCUT2D eigenvalue weighted by molar-refractivity contribution is 0.102. The molecule has 0 aromatic heterocycles. The quantitative estimate of drug-likeness (QED) is 0.691. The van der Waals surface area contributed by atoms with E-state index >= 15 is 0 Å². The summed E-state index contributed by atoms with van der Waals surface area (Å²) in [4.78, 5) is 12.2. The van der Waals surface area contributed by atoms with Crippen LogP contribution < -0.4 is 15.4 Å². The van der Waals surface area contributed by atoms with Gasteiger partial charge in [-0.15, -0.1) is 0 Å². The van der Waals surface area contributed by atoms with E-state index in [-0.39, 0.29) is 5.91 Å². The van der Waals surface area contributed by atoms with Gasteiger partial charge in [0, 0.05) is 16.9 Å². The fourth-order valence-corrected chi connectivity index (χ4v) is 2.45. The van der Waals surface area contributed by atoms with E-state index in [9.17, 15) is 4.79 Å². The predicted molar refractivity (Wildman–Crippen MR) is 102 cm³/mol. The summed E-state index contributed by atoms with van der Waals surface area (Å²) in [6.07, 6.45) is 0. The Morgan fingerprint density at radius 3 is 2.16 bits per heavy atom. The topological polar surface area (TPSA) is 50.4 Å². The van der Waals surface area contributed by atoms with Gasteiger partial charge in [0.15, 0.2) is 0 Å². The monoisotopic (exact) mass is 332 g/mol. The molecular weight excluding hydrogens is 312 g/mol. The molecule has 3 rings (SSSR count). The maximum absolute atomic E-state index is 12.2. The van der Waals surface area contributed by atoms with Crippen molar-refractivity contribution < 1.29 is 9.53 Å². The van der Waals surface area contributed by atoms with Crippen LogP contribution in [0.2, 0.25) is 0 Å². The molecular formula is C21H20N2O2. The largest absolute Gasteiger partial charge is 0.495 e. The molecule has 0 aliphatic rings. The van der Waals surface area contributed by atoms with Crippen LogP contribution in [0.25, 0.3) is 0 Å². The lowest BCUT2D eigenvalue weighted by atomic mass is 10.1. The molecule has 0 saturated heterocycles. The number of para-hydroxylation sites is 2. The Bertz CT molecular complexity index is 856. The second-order valence-corrected chi connectivity index (χ2v) is 5.72. The standard InChI is InChI=1S/C21H20N2O2/c1-15-7-9-16(10-8-15)21(24)23-18-13-11-17(12-14-18)22-19-5-3-4-6-20(19)25-2/h3-14,22H,1-2H3,(H,23,24). The van der Waals surface area contributed by atoms with Crippen molar-refractivity contribution in [1.29, 1.82) is 0 Å². The summed E-state index contributed by atoms with van der Waals surface area (Å²) in [5, 5.41) is 6.20. The summed E-state index contributed by atoms with van der Waals surface area (Å²) < 4.78 is 5.33. The van der Waals surface area contributed by atoms with Crippen molar-refractivity contribution >= 4 is 23.0 Å². The average Bonchev–Trinajstić information content (AvgIpc) is 2.64. The molecule has 4 nitrogen and oxygen atoms in total. The van der Waals surface area contributed by atoms with Crippen molar-refractivity contribution in [2.45, 2.75) is 6.92 Å². The summed E-state index contributed by atoms with van der Waals surface area (Å²) >= 11 is 0. The Hall–Kier alpha value is -3.27. The summed E-state index contributed by atoms with van der Waals surface area (Å²) in [6.45, 7) is 2.00. The third-order valence-corrected chi connectivity index (χ3v) is 3.84. The molecule has 0 fully saturated rings. The summed E-state index contributed by atoms with van der Waals surface area (Å²) in [5.74, 6) is 0.657. The van der Waals surface area contributed by atoms with Crippen LogP contribution in [0.3, 0.4) is 0 Å². The van der Waals surface area contributed by atoms with Crippen LogP contribution in [0.1, 0.15) is 15.9 Å². The molecule has 1 amide bonds. The van der Waals surface area contributed by atoms with Gasteiger partial charge >= 0.3 is 0 Å². The SMILES string of the molecule is COc1ccccc1Nc1ccc(NC(=O)c2ccc(C)cc2)cc1. The average molecular weight is 332 g/mol. The molecule has 0 radical (unpaired) electrons. The zero-order chi connectivity index (χ0) is 17.6. The highest BCUT2D eigenvalue weighted by atomic mass is 16.5. The van der Waals surface area contributed by atoms with Crippen molar-refractivity contribution in [3.05, 3.63) is 83.9 Å². The fraction of sp³-hybridized carbons (Fsp3) is 0.0952. The molecule has 2 N–H and O–H groups in total. The number of ether oxygens (including phenoxy) is 1. The molecule has 0 bridgehead atoms. The van der Waals surface area contributed by atoms with E-state index in [1.54, 1.807) is 7.11 Å². The van der Waals surface area contributed by atoms with Crippen molar-refractivity contribution in [1.82, 2.24) is 0 Å². The van der Waals surface area contributed by atoms with Crippen molar-refractivity contribution in [2.24, 2.45) is 0 Å². The third-order valence-electron chi connectivity index (χ3n) is 3.84. The van der Waals surface area contributed by atoms with Gasteiger partial charge in [-0.1, -0.05) is 29.8 Å². The van der Waals surface area contributed by atoms with E-state index in [0.29, 0.717) is 5.56 Å². The van der Waals surface area contributed by atoms with Gasteiger partial charge in [-0.25, -0.2) is 0 Å². The minimum Gasteiger partial charge on any atom is -0.495 e. The van der Waals surface area contributed by atoms with E-state index in [0.717, 1.165) is 28.4 Å². The first kappa shape index (κ1) is 16.6. The Morgan fingerprint density at radius 2 is 1.48 bits per heavy atom. The second kappa shape index (κ2) is 7.53. The van der Waals surface area contributed by atoms with E-state index in [2.05, 4.69) is 10.6 Å². The molecule has 3 aromatic carbocycles. The van der Waals surface area contributed by atoms with Crippen molar-refractivity contribution in [3.63, 3.8) is 0 Å². The molecule has 3 aromatic rings. The van der Waals surface area contributed by atoms with Crippen molar-refractivity contribution in [3.8, 4) is 5.75 Å². The molecule has 0 unspecified atom stereocenters. The molecule has 0 spiro atoms. The van der Waals surface area contributed by atoms with Crippen molar-refractivity contribution in [2.75, 3.05) is 17.7 Å². The van der Waals surface area contributed by atoms with Gasteiger partial charge in [0.25, 0.3) is 5.91 Å². The molecule has 25 heavy (non-hydrogen) atoms. The van der Waals surface area contributed by atoms with Gasteiger partial charge in [0.1, 0.15) is 5.75 Å². The number of amides is 1. The Labute approximate surface area is 147 Å². The van der Waals surface area contributed by atoms with Crippen LogP contribution in [-0.2, 0) is 0 Å².